The zero-order valence-electron chi connectivity index (χ0n) is 7.00. The lowest BCUT2D eigenvalue weighted by molar-refractivity contribution is 0.552. The minimum Gasteiger partial charge on any atom is -0.167 e. The molecule has 12 heavy (non-hydrogen) atoms. The first kappa shape index (κ1) is 7.98. The van der Waals surface area contributed by atoms with Crippen LogP contribution in [-0.2, 0) is 13.5 Å². The Bertz CT molecular complexity index is 279. The fourth-order valence-electron chi connectivity index (χ4n) is 1.26. The summed E-state index contributed by atoms with van der Waals surface area (Å²) in [6, 6.07) is 0. The second-order valence-electron chi connectivity index (χ2n) is 3.51. The molecule has 1 heterocycles. The standard InChI is InChI=1S/C7H11ClN4/c1-12-10-6(9-11-12)4-7(5-8)2-3-7/h2-5H2,1H3. The molecule has 0 N–H and O–H groups in total. The minimum absolute atomic E-state index is 0.296. The normalized spacial score (nSPS) is 19.5. The monoisotopic (exact) mass is 186 g/mol. The molecule has 0 radical (unpaired) electrons. The second-order valence-corrected chi connectivity index (χ2v) is 3.77. The largest absolute Gasteiger partial charge is 0.175 e. The van der Waals surface area contributed by atoms with Gasteiger partial charge in [0.15, 0.2) is 5.82 Å². The third-order valence-electron chi connectivity index (χ3n) is 2.32. The van der Waals surface area contributed by atoms with Gasteiger partial charge in [0.25, 0.3) is 0 Å². The van der Waals surface area contributed by atoms with Crippen LogP contribution in [0, 0.1) is 5.41 Å². The molecule has 0 aliphatic heterocycles. The van der Waals surface area contributed by atoms with Crippen molar-refractivity contribution in [2.24, 2.45) is 12.5 Å². The van der Waals surface area contributed by atoms with E-state index < -0.39 is 0 Å². The number of alkyl halides is 1. The van der Waals surface area contributed by atoms with E-state index in [2.05, 4.69) is 15.4 Å². The number of hydrogen-bond acceptors (Lipinski definition) is 3. The molecule has 1 saturated carbocycles. The molecule has 0 saturated heterocycles. The molecule has 66 valence electrons. The highest BCUT2D eigenvalue weighted by Gasteiger charge is 2.42. The molecule has 1 fully saturated rings. The first-order valence-electron chi connectivity index (χ1n) is 4.03. The number of rotatable bonds is 3. The fourth-order valence-corrected chi connectivity index (χ4v) is 1.63. The Kier molecular flexibility index (Phi) is 1.79. The van der Waals surface area contributed by atoms with Gasteiger partial charge in [-0.2, -0.15) is 4.80 Å². The van der Waals surface area contributed by atoms with Crippen LogP contribution >= 0.6 is 11.6 Å². The fraction of sp³-hybridized carbons (Fsp3) is 0.857. The molecule has 0 spiro atoms. The molecule has 5 heteroatoms. The number of aromatic nitrogens is 4. The summed E-state index contributed by atoms with van der Waals surface area (Å²) in [5.74, 6) is 1.53. The average Bonchev–Trinajstić information content (AvgIpc) is 2.71. The van der Waals surface area contributed by atoms with Crippen LogP contribution in [0.15, 0.2) is 0 Å². The number of nitrogens with zero attached hydrogens (tertiary/aromatic N) is 4. The molecule has 4 nitrogen and oxygen atoms in total. The molecular weight excluding hydrogens is 176 g/mol. The maximum atomic E-state index is 5.83. The van der Waals surface area contributed by atoms with E-state index in [0.29, 0.717) is 11.3 Å². The van der Waals surface area contributed by atoms with Crippen molar-refractivity contribution in [1.29, 1.82) is 0 Å². The summed E-state index contributed by atoms with van der Waals surface area (Å²) in [7, 11) is 1.77. The van der Waals surface area contributed by atoms with E-state index in [0.717, 1.165) is 12.2 Å². The predicted octanol–water partition coefficient (Wildman–Crippen LogP) is 0.772. The lowest BCUT2D eigenvalue weighted by Gasteiger charge is -2.05. The summed E-state index contributed by atoms with van der Waals surface area (Å²) in [6.07, 6.45) is 3.29. The number of hydrogen-bond donors (Lipinski definition) is 0. The smallest absolute Gasteiger partial charge is 0.167 e. The highest BCUT2D eigenvalue weighted by Crippen LogP contribution is 2.48. The Balaban J connectivity index is 2.04. The third-order valence-corrected chi connectivity index (χ3v) is 2.89. The van der Waals surface area contributed by atoms with Crippen molar-refractivity contribution in [3.05, 3.63) is 5.82 Å². The van der Waals surface area contributed by atoms with Crippen molar-refractivity contribution in [3.8, 4) is 0 Å². The van der Waals surface area contributed by atoms with Gasteiger partial charge >= 0.3 is 0 Å². The van der Waals surface area contributed by atoms with Gasteiger partial charge in [-0.3, -0.25) is 0 Å². The summed E-state index contributed by atoms with van der Waals surface area (Å²) in [5, 5.41) is 11.8. The molecule has 0 unspecified atom stereocenters. The van der Waals surface area contributed by atoms with Gasteiger partial charge < -0.3 is 0 Å². The SMILES string of the molecule is Cn1nnc(CC2(CCl)CC2)n1. The van der Waals surface area contributed by atoms with Crippen molar-refractivity contribution >= 4 is 11.6 Å². The molecule has 0 amide bonds. The zero-order chi connectivity index (χ0) is 8.60. The van der Waals surface area contributed by atoms with Gasteiger partial charge in [0, 0.05) is 12.3 Å². The summed E-state index contributed by atoms with van der Waals surface area (Å²) >= 11 is 5.83. The Morgan fingerprint density at radius 2 is 2.33 bits per heavy atom. The van der Waals surface area contributed by atoms with Crippen molar-refractivity contribution in [1.82, 2.24) is 20.2 Å². The van der Waals surface area contributed by atoms with Gasteiger partial charge in [0.2, 0.25) is 0 Å². The van der Waals surface area contributed by atoms with Crippen molar-refractivity contribution in [3.63, 3.8) is 0 Å². The van der Waals surface area contributed by atoms with Crippen LogP contribution < -0.4 is 0 Å². The zero-order valence-corrected chi connectivity index (χ0v) is 7.75. The predicted molar refractivity (Wildman–Crippen MR) is 44.9 cm³/mol. The van der Waals surface area contributed by atoms with Gasteiger partial charge in [-0.1, -0.05) is 0 Å². The Labute approximate surface area is 75.9 Å². The van der Waals surface area contributed by atoms with Crippen LogP contribution in [0.25, 0.3) is 0 Å². The third kappa shape index (κ3) is 1.43. The van der Waals surface area contributed by atoms with Crippen LogP contribution in [0.2, 0.25) is 0 Å². The lowest BCUT2D eigenvalue weighted by Crippen LogP contribution is -2.08. The van der Waals surface area contributed by atoms with Gasteiger partial charge in [0.05, 0.1) is 7.05 Å². The molecule has 0 aromatic carbocycles. The summed E-state index contributed by atoms with van der Waals surface area (Å²) in [5.41, 5.74) is 0.296. The Hall–Kier alpha value is -0.640. The molecule has 1 aromatic rings. The van der Waals surface area contributed by atoms with Gasteiger partial charge in [-0.15, -0.1) is 21.8 Å². The van der Waals surface area contributed by atoms with Crippen molar-refractivity contribution < 1.29 is 0 Å². The second kappa shape index (κ2) is 2.69. The molecule has 0 bridgehead atoms. The summed E-state index contributed by atoms with van der Waals surface area (Å²) < 4.78 is 0. The molecule has 2 rings (SSSR count). The van der Waals surface area contributed by atoms with Crippen LogP contribution in [-0.4, -0.2) is 26.1 Å². The summed E-state index contributed by atoms with van der Waals surface area (Å²) in [4.78, 5) is 1.49. The van der Waals surface area contributed by atoms with E-state index in [-0.39, 0.29) is 0 Å². The van der Waals surface area contributed by atoms with E-state index in [9.17, 15) is 0 Å². The molecule has 0 atom stereocenters. The average molecular weight is 187 g/mol. The van der Waals surface area contributed by atoms with E-state index in [1.165, 1.54) is 17.6 Å². The molecule has 1 aromatic heterocycles. The Morgan fingerprint density at radius 3 is 2.75 bits per heavy atom. The molecule has 1 aliphatic carbocycles. The van der Waals surface area contributed by atoms with E-state index in [1.54, 1.807) is 7.05 Å². The van der Waals surface area contributed by atoms with Crippen molar-refractivity contribution in [2.75, 3.05) is 5.88 Å². The maximum absolute atomic E-state index is 5.83. The molecule has 1 aliphatic rings. The van der Waals surface area contributed by atoms with Gasteiger partial charge in [-0.25, -0.2) is 0 Å². The van der Waals surface area contributed by atoms with Crippen LogP contribution in [0.1, 0.15) is 18.7 Å². The van der Waals surface area contributed by atoms with Crippen molar-refractivity contribution in [2.45, 2.75) is 19.3 Å². The summed E-state index contributed by atoms with van der Waals surface area (Å²) in [6.45, 7) is 0. The number of aryl methyl sites for hydroxylation is 1. The quantitative estimate of drug-likeness (QED) is 0.655. The van der Waals surface area contributed by atoms with Gasteiger partial charge in [0.1, 0.15) is 0 Å². The number of tetrazole rings is 1. The molecular formula is C7H11ClN4. The number of halogens is 1. The van der Waals surface area contributed by atoms with Crippen LogP contribution in [0.5, 0.6) is 0 Å². The van der Waals surface area contributed by atoms with E-state index >= 15 is 0 Å². The van der Waals surface area contributed by atoms with Crippen LogP contribution in [0.3, 0.4) is 0 Å². The minimum atomic E-state index is 0.296. The highest BCUT2D eigenvalue weighted by molar-refractivity contribution is 6.18. The topological polar surface area (TPSA) is 43.6 Å². The van der Waals surface area contributed by atoms with E-state index in [1.807, 2.05) is 0 Å². The Morgan fingerprint density at radius 1 is 1.58 bits per heavy atom. The first-order chi connectivity index (χ1) is 5.74. The van der Waals surface area contributed by atoms with Crippen LogP contribution in [0.4, 0.5) is 0 Å². The highest BCUT2D eigenvalue weighted by atomic mass is 35.5. The first-order valence-corrected chi connectivity index (χ1v) is 4.56. The maximum Gasteiger partial charge on any atom is 0.175 e. The van der Waals surface area contributed by atoms with E-state index in [4.69, 9.17) is 11.6 Å². The lowest BCUT2D eigenvalue weighted by atomic mass is 10.1. The van der Waals surface area contributed by atoms with Gasteiger partial charge in [-0.05, 0) is 23.5 Å².